The van der Waals surface area contributed by atoms with E-state index in [-0.39, 0.29) is 18.1 Å². The van der Waals surface area contributed by atoms with Gasteiger partial charge in [0.05, 0.1) is 6.42 Å². The van der Waals surface area contributed by atoms with E-state index in [1.165, 1.54) is 0 Å². The average molecular weight is 291 g/mol. The topological polar surface area (TPSA) is 75.4 Å². The number of rotatable bonds is 5. The number of hydrogen-bond acceptors (Lipinski definition) is 3. The normalized spacial score (nSPS) is 10.2. The van der Waals surface area contributed by atoms with Gasteiger partial charge >= 0.3 is 0 Å². The average Bonchev–Trinajstić information content (AvgIpc) is 2.41. The van der Waals surface area contributed by atoms with Crippen LogP contribution in [-0.4, -0.2) is 11.0 Å². The minimum absolute atomic E-state index is 0.201. The number of carbonyl (C=O) groups is 1. The number of anilines is 1. The van der Waals surface area contributed by atoms with Gasteiger partial charge in [-0.05, 0) is 35.9 Å². The number of hydrogen-bond donors (Lipinski definition) is 3. The van der Waals surface area contributed by atoms with E-state index in [1.54, 1.807) is 18.2 Å². The van der Waals surface area contributed by atoms with Gasteiger partial charge in [0.2, 0.25) is 5.91 Å². The van der Waals surface area contributed by atoms with Gasteiger partial charge in [-0.15, -0.1) is 0 Å². The largest absolute Gasteiger partial charge is 0.508 e. The molecule has 4 nitrogen and oxygen atoms in total. The molecule has 4 N–H and O–H groups in total. The highest BCUT2D eigenvalue weighted by Crippen LogP contribution is 2.22. The Bertz CT molecular complexity index is 612. The lowest BCUT2D eigenvalue weighted by atomic mass is 10.1. The molecule has 0 spiro atoms. The van der Waals surface area contributed by atoms with Gasteiger partial charge in [-0.25, -0.2) is 0 Å². The summed E-state index contributed by atoms with van der Waals surface area (Å²) in [5, 5.41) is 13.5. The molecule has 0 heterocycles. The molecule has 0 bridgehead atoms. The van der Waals surface area contributed by atoms with Gasteiger partial charge < -0.3 is 16.2 Å². The van der Waals surface area contributed by atoms with Gasteiger partial charge in [0.15, 0.2) is 0 Å². The number of aromatic hydroxyl groups is 1. The molecule has 0 saturated carbocycles. The van der Waals surface area contributed by atoms with E-state index in [0.29, 0.717) is 11.6 Å². The Morgan fingerprint density at radius 2 is 1.90 bits per heavy atom. The predicted octanol–water partition coefficient (Wildman–Crippen LogP) is 2.69. The van der Waals surface area contributed by atoms with E-state index in [0.717, 1.165) is 16.8 Å². The molecule has 5 heteroatoms. The lowest BCUT2D eigenvalue weighted by Crippen LogP contribution is -2.13. The van der Waals surface area contributed by atoms with Crippen molar-refractivity contribution in [3.8, 4) is 5.75 Å². The minimum Gasteiger partial charge on any atom is -0.508 e. The fourth-order valence-corrected chi connectivity index (χ4v) is 2.03. The number of phenolic OH excluding ortho intramolecular Hbond substituents is 1. The molecule has 0 unspecified atom stereocenters. The van der Waals surface area contributed by atoms with Gasteiger partial charge in [0, 0.05) is 22.8 Å². The van der Waals surface area contributed by atoms with Crippen LogP contribution in [0.5, 0.6) is 5.75 Å². The second-order valence-electron chi connectivity index (χ2n) is 4.47. The van der Waals surface area contributed by atoms with Crippen molar-refractivity contribution in [2.45, 2.75) is 13.0 Å². The molecular weight excluding hydrogens is 276 g/mol. The van der Waals surface area contributed by atoms with Crippen molar-refractivity contribution in [3.63, 3.8) is 0 Å². The maximum absolute atomic E-state index is 10.8. The number of benzene rings is 2. The van der Waals surface area contributed by atoms with Gasteiger partial charge in [0.25, 0.3) is 0 Å². The fraction of sp³-hybridized carbons (Fsp3) is 0.133. The van der Waals surface area contributed by atoms with E-state index in [1.807, 2.05) is 24.3 Å². The van der Waals surface area contributed by atoms with Crippen LogP contribution in [-0.2, 0) is 17.8 Å². The first-order valence-corrected chi connectivity index (χ1v) is 6.51. The van der Waals surface area contributed by atoms with Gasteiger partial charge in [0.1, 0.15) is 5.75 Å². The van der Waals surface area contributed by atoms with Crippen molar-refractivity contribution < 1.29 is 9.90 Å². The highest BCUT2D eigenvalue weighted by Gasteiger charge is 2.03. The molecule has 0 aliphatic rings. The lowest BCUT2D eigenvalue weighted by molar-refractivity contribution is -0.117. The first-order chi connectivity index (χ1) is 9.54. The number of amides is 1. The van der Waals surface area contributed by atoms with Crippen LogP contribution in [0.1, 0.15) is 11.1 Å². The summed E-state index contributed by atoms with van der Waals surface area (Å²) in [4.78, 5) is 10.8. The van der Waals surface area contributed by atoms with Crippen molar-refractivity contribution in [1.29, 1.82) is 0 Å². The maximum atomic E-state index is 10.8. The Labute approximate surface area is 122 Å². The van der Waals surface area contributed by atoms with Crippen molar-refractivity contribution in [2.75, 3.05) is 5.32 Å². The summed E-state index contributed by atoms with van der Waals surface area (Å²) < 4.78 is 0. The molecule has 0 aromatic heterocycles. The molecule has 104 valence electrons. The zero-order chi connectivity index (χ0) is 14.5. The summed E-state index contributed by atoms with van der Waals surface area (Å²) in [6, 6.07) is 12.3. The lowest BCUT2D eigenvalue weighted by Gasteiger charge is -2.09. The second kappa shape index (κ2) is 6.30. The van der Waals surface area contributed by atoms with Gasteiger partial charge in [-0.2, -0.15) is 0 Å². The summed E-state index contributed by atoms with van der Waals surface area (Å²) in [7, 11) is 0. The molecule has 0 fully saturated rings. The number of phenols is 1. The van der Waals surface area contributed by atoms with Crippen LogP contribution < -0.4 is 11.1 Å². The minimum atomic E-state index is -0.352. The number of primary amides is 1. The smallest absolute Gasteiger partial charge is 0.221 e. The molecule has 0 aliphatic carbocycles. The van der Waals surface area contributed by atoms with E-state index in [2.05, 4.69) is 5.32 Å². The van der Waals surface area contributed by atoms with E-state index in [9.17, 15) is 9.90 Å². The number of carbonyl (C=O) groups excluding carboxylic acids is 1. The predicted molar refractivity (Wildman–Crippen MR) is 79.8 cm³/mol. The van der Waals surface area contributed by atoms with E-state index >= 15 is 0 Å². The quantitative estimate of drug-likeness (QED) is 0.792. The first-order valence-electron chi connectivity index (χ1n) is 6.13. The van der Waals surface area contributed by atoms with Gasteiger partial charge in [-0.1, -0.05) is 23.7 Å². The number of halogens is 1. The molecule has 0 atom stereocenters. The SMILES string of the molecule is NC(=O)Cc1ccc(NCc2cc(Cl)ccc2O)cc1. The molecular formula is C15H15ClN2O2. The molecule has 20 heavy (non-hydrogen) atoms. The standard InChI is InChI=1S/C15H15ClN2O2/c16-12-3-6-14(19)11(8-12)9-18-13-4-1-10(2-5-13)7-15(17)20/h1-6,8,18-19H,7,9H2,(H2,17,20). The summed E-state index contributed by atoms with van der Waals surface area (Å²) in [5.41, 5.74) is 7.61. The van der Waals surface area contributed by atoms with Crippen LogP contribution in [0, 0.1) is 0 Å². The highest BCUT2D eigenvalue weighted by molar-refractivity contribution is 6.30. The van der Waals surface area contributed by atoms with Crippen LogP contribution in [0.25, 0.3) is 0 Å². The van der Waals surface area contributed by atoms with Crippen molar-refractivity contribution in [3.05, 3.63) is 58.6 Å². The zero-order valence-electron chi connectivity index (χ0n) is 10.8. The monoisotopic (exact) mass is 290 g/mol. The summed E-state index contributed by atoms with van der Waals surface area (Å²) in [5.74, 6) is -0.151. The Kier molecular flexibility index (Phi) is 4.48. The number of nitrogens with two attached hydrogens (primary N) is 1. The fourth-order valence-electron chi connectivity index (χ4n) is 1.83. The molecule has 2 aromatic carbocycles. The van der Waals surface area contributed by atoms with Crippen LogP contribution in [0.2, 0.25) is 5.02 Å². The Hall–Kier alpha value is -2.20. The maximum Gasteiger partial charge on any atom is 0.221 e. The Balaban J connectivity index is 2.00. The Morgan fingerprint density at radius 1 is 1.20 bits per heavy atom. The zero-order valence-corrected chi connectivity index (χ0v) is 11.5. The first kappa shape index (κ1) is 14.2. The van der Waals surface area contributed by atoms with E-state index in [4.69, 9.17) is 17.3 Å². The highest BCUT2D eigenvalue weighted by atomic mass is 35.5. The van der Waals surface area contributed by atoms with Crippen LogP contribution >= 0.6 is 11.6 Å². The third-order valence-corrected chi connectivity index (χ3v) is 3.09. The molecule has 0 saturated heterocycles. The van der Waals surface area contributed by atoms with Crippen LogP contribution in [0.3, 0.4) is 0 Å². The third kappa shape index (κ3) is 3.90. The number of nitrogens with one attached hydrogen (secondary N) is 1. The molecule has 2 aromatic rings. The molecule has 1 amide bonds. The van der Waals surface area contributed by atoms with Crippen molar-refractivity contribution in [2.24, 2.45) is 5.73 Å². The Morgan fingerprint density at radius 3 is 2.55 bits per heavy atom. The van der Waals surface area contributed by atoms with E-state index < -0.39 is 0 Å². The summed E-state index contributed by atoms with van der Waals surface area (Å²) in [6.45, 7) is 0.460. The summed E-state index contributed by atoms with van der Waals surface area (Å²) in [6.07, 6.45) is 0.232. The third-order valence-electron chi connectivity index (χ3n) is 2.86. The second-order valence-corrected chi connectivity index (χ2v) is 4.90. The summed E-state index contributed by atoms with van der Waals surface area (Å²) >= 11 is 5.89. The van der Waals surface area contributed by atoms with Crippen LogP contribution in [0.4, 0.5) is 5.69 Å². The molecule has 0 aliphatic heterocycles. The van der Waals surface area contributed by atoms with Gasteiger partial charge in [-0.3, -0.25) is 4.79 Å². The van der Waals surface area contributed by atoms with Crippen molar-refractivity contribution >= 4 is 23.2 Å². The van der Waals surface area contributed by atoms with Crippen molar-refractivity contribution in [1.82, 2.24) is 0 Å². The molecule has 2 rings (SSSR count). The molecule has 0 radical (unpaired) electrons. The van der Waals surface area contributed by atoms with Crippen LogP contribution in [0.15, 0.2) is 42.5 Å².